The van der Waals surface area contributed by atoms with Gasteiger partial charge in [0, 0.05) is 40.9 Å². The Bertz CT molecular complexity index is 2130. The largest absolute Gasteiger partial charge is 0.496 e. The first-order valence-corrected chi connectivity index (χ1v) is 20.1. The second kappa shape index (κ2) is 15.7. The summed E-state index contributed by atoms with van der Waals surface area (Å²) in [5.41, 5.74) is 3.16. The minimum atomic E-state index is -1.19. The Morgan fingerprint density at radius 2 is 1.91 bits per heavy atom. The average molecular weight is 769 g/mol. The zero-order valence-corrected chi connectivity index (χ0v) is 32.9. The van der Waals surface area contributed by atoms with Crippen LogP contribution in [-0.2, 0) is 14.4 Å². The number of aliphatic carboxylic acids is 1. The molecule has 0 radical (unpaired) electrons. The van der Waals surface area contributed by atoms with Gasteiger partial charge in [0.05, 0.1) is 36.3 Å². The summed E-state index contributed by atoms with van der Waals surface area (Å²) in [7, 11) is 1.62. The molecule has 1 saturated heterocycles. The number of nitrogens with zero attached hydrogens (tertiary/aromatic N) is 3. The number of pyridine rings is 1. The molecule has 2 aliphatic heterocycles. The Kier molecular flexibility index (Phi) is 11.0. The molecule has 55 heavy (non-hydrogen) atoms. The van der Waals surface area contributed by atoms with Crippen molar-refractivity contribution in [3.63, 3.8) is 0 Å². The van der Waals surface area contributed by atoms with E-state index in [-0.39, 0.29) is 42.9 Å². The van der Waals surface area contributed by atoms with Crippen LogP contribution in [0.2, 0.25) is 0 Å². The molecule has 2 aromatic heterocycles. The summed E-state index contributed by atoms with van der Waals surface area (Å²) in [6.07, 6.45) is 7.56. The molecular weight excluding hydrogens is 720 g/mol. The normalized spacial score (nSPS) is 25.2. The maximum atomic E-state index is 14.7. The molecule has 4 heterocycles. The highest BCUT2D eigenvalue weighted by Gasteiger charge is 2.61. The fourth-order valence-electron chi connectivity index (χ4n) is 8.15. The standard InChI is InChI=1S/C43H49FN4O6S/c1-24(2)34-23-55-40(47-34)33-19-38(31-13-14-37(53-5)26(4)39(31)46-33)54-30-18-35-36(49)21-43(42(51)52)20-27(43)11-9-7-6-8-10-12-32(41(50)48(35)22-30)45-29-16-25(3)15-28(44)17-29/h9,11,13-17,19,23-24,27,30,32,35,45H,6-8,10,12,18,20-22H2,1-5H3,(H,51,52)/b11-9-/t27-,30+,32-,35-,43+/m0/s1. The summed E-state index contributed by atoms with van der Waals surface area (Å²) in [4.78, 5) is 53.2. The van der Waals surface area contributed by atoms with Crippen molar-refractivity contribution < 1.29 is 33.4 Å². The quantitative estimate of drug-likeness (QED) is 0.169. The number of ether oxygens (including phenoxy) is 2. The van der Waals surface area contributed by atoms with Crippen molar-refractivity contribution >= 4 is 45.6 Å². The maximum Gasteiger partial charge on any atom is 0.310 e. The molecule has 3 aliphatic rings. The Hall–Kier alpha value is -4.84. The predicted molar refractivity (Wildman–Crippen MR) is 211 cm³/mol. The van der Waals surface area contributed by atoms with E-state index in [1.165, 1.54) is 23.5 Å². The van der Waals surface area contributed by atoms with Crippen LogP contribution in [-0.4, -0.2) is 69.5 Å². The van der Waals surface area contributed by atoms with Gasteiger partial charge >= 0.3 is 5.97 Å². The fraction of sp³-hybridized carbons (Fsp3) is 0.465. The van der Waals surface area contributed by atoms with Gasteiger partial charge in [-0.2, -0.15) is 0 Å². The van der Waals surface area contributed by atoms with Crippen LogP contribution in [0, 0.1) is 31.0 Å². The van der Waals surface area contributed by atoms with Crippen LogP contribution in [0.4, 0.5) is 10.1 Å². The number of ketones is 1. The van der Waals surface area contributed by atoms with Crippen LogP contribution in [0.3, 0.4) is 0 Å². The molecule has 7 rings (SSSR count). The second-order valence-electron chi connectivity index (χ2n) is 15.7. The molecule has 290 valence electrons. The summed E-state index contributed by atoms with van der Waals surface area (Å²) >= 11 is 1.51. The van der Waals surface area contributed by atoms with Crippen LogP contribution < -0.4 is 14.8 Å². The zero-order chi connectivity index (χ0) is 39.0. The van der Waals surface area contributed by atoms with Gasteiger partial charge in [0.15, 0.2) is 5.78 Å². The van der Waals surface area contributed by atoms with Gasteiger partial charge in [0.2, 0.25) is 5.91 Å². The average Bonchev–Trinajstić information content (AvgIpc) is 3.43. The number of methoxy groups -OCH3 is 1. The number of anilines is 1. The Morgan fingerprint density at radius 1 is 1.09 bits per heavy atom. The molecule has 12 heteroatoms. The number of allylic oxidation sites excluding steroid dienone is 2. The van der Waals surface area contributed by atoms with E-state index in [1.54, 1.807) is 25.0 Å². The first-order valence-electron chi connectivity index (χ1n) is 19.2. The van der Waals surface area contributed by atoms with E-state index < -0.39 is 35.4 Å². The van der Waals surface area contributed by atoms with Crippen molar-refractivity contribution in [1.82, 2.24) is 14.9 Å². The number of fused-ring (bicyclic) bond motifs is 3. The minimum Gasteiger partial charge on any atom is -0.496 e. The summed E-state index contributed by atoms with van der Waals surface area (Å²) < 4.78 is 27.0. The van der Waals surface area contributed by atoms with Gasteiger partial charge in [-0.15, -0.1) is 11.3 Å². The molecule has 1 aliphatic carbocycles. The van der Waals surface area contributed by atoms with Gasteiger partial charge < -0.3 is 24.8 Å². The van der Waals surface area contributed by atoms with Gasteiger partial charge in [-0.05, 0) is 87.3 Å². The number of carbonyl (C=O) groups excluding carboxylic acids is 2. The van der Waals surface area contributed by atoms with Gasteiger partial charge in [0.25, 0.3) is 0 Å². The smallest absolute Gasteiger partial charge is 0.310 e. The van der Waals surface area contributed by atoms with Crippen molar-refractivity contribution in [3.8, 4) is 22.2 Å². The summed E-state index contributed by atoms with van der Waals surface area (Å²) in [5.74, 6) is -0.749. The Balaban J connectivity index is 1.26. The third kappa shape index (κ3) is 7.97. The second-order valence-corrected chi connectivity index (χ2v) is 16.6. The van der Waals surface area contributed by atoms with Crippen molar-refractivity contribution in [1.29, 1.82) is 0 Å². The fourth-order valence-corrected chi connectivity index (χ4v) is 9.09. The number of aryl methyl sites for hydroxylation is 2. The van der Waals surface area contributed by atoms with E-state index in [9.17, 15) is 23.9 Å². The number of nitrogens with one attached hydrogen (secondary N) is 1. The number of carbonyl (C=O) groups is 3. The summed E-state index contributed by atoms with van der Waals surface area (Å²) in [6.45, 7) is 8.03. The van der Waals surface area contributed by atoms with Gasteiger partial charge in [-0.3, -0.25) is 14.4 Å². The third-order valence-corrected chi connectivity index (χ3v) is 12.3. The summed E-state index contributed by atoms with van der Waals surface area (Å²) in [6, 6.07) is 8.61. The zero-order valence-electron chi connectivity index (χ0n) is 32.1. The number of carboxylic acid groups (broad SMARTS) is 1. The van der Waals surface area contributed by atoms with E-state index in [2.05, 4.69) is 19.2 Å². The lowest BCUT2D eigenvalue weighted by molar-refractivity contribution is -0.147. The summed E-state index contributed by atoms with van der Waals surface area (Å²) in [5, 5.41) is 17.2. The van der Waals surface area contributed by atoms with Gasteiger partial charge in [-0.25, -0.2) is 14.4 Å². The number of Topliss-reactive ketones (excluding diaryl/α,β-unsaturated/α-hetero) is 1. The molecule has 2 aromatic carbocycles. The monoisotopic (exact) mass is 768 g/mol. The number of halogens is 1. The highest BCUT2D eigenvalue weighted by atomic mass is 32.1. The molecule has 5 atom stereocenters. The molecule has 10 nitrogen and oxygen atoms in total. The van der Waals surface area contributed by atoms with E-state index in [0.29, 0.717) is 41.2 Å². The van der Waals surface area contributed by atoms with Crippen LogP contribution in [0.15, 0.2) is 53.9 Å². The highest BCUT2D eigenvalue weighted by molar-refractivity contribution is 7.13. The number of benzene rings is 2. The lowest BCUT2D eigenvalue weighted by Crippen LogP contribution is -2.48. The third-order valence-electron chi connectivity index (χ3n) is 11.4. The first kappa shape index (κ1) is 38.4. The molecule has 1 amide bonds. The van der Waals surface area contributed by atoms with Gasteiger partial charge in [-0.1, -0.05) is 38.8 Å². The molecular formula is C43H49FN4O6S. The van der Waals surface area contributed by atoms with E-state index in [0.717, 1.165) is 52.9 Å². The number of hydrogen-bond donors (Lipinski definition) is 2. The molecule has 2 N–H and O–H groups in total. The van der Waals surface area contributed by atoms with E-state index in [1.807, 2.05) is 42.7 Å². The molecule has 0 unspecified atom stereocenters. The van der Waals surface area contributed by atoms with E-state index >= 15 is 0 Å². The van der Waals surface area contributed by atoms with Crippen molar-refractivity contribution in [3.05, 3.63) is 76.6 Å². The van der Waals surface area contributed by atoms with Crippen LogP contribution in [0.1, 0.15) is 88.0 Å². The van der Waals surface area contributed by atoms with Crippen molar-refractivity contribution in [2.24, 2.45) is 11.3 Å². The topological polar surface area (TPSA) is 131 Å². The number of carboxylic acids is 1. The Morgan fingerprint density at radius 3 is 2.64 bits per heavy atom. The number of thiazole rings is 1. The van der Waals surface area contributed by atoms with Gasteiger partial charge in [0.1, 0.15) is 40.2 Å². The van der Waals surface area contributed by atoms with E-state index in [4.69, 9.17) is 19.4 Å². The molecule has 0 bridgehead atoms. The number of aromatic nitrogens is 2. The SMILES string of the molecule is COc1ccc2c(O[C@@H]3C[C@H]4C(=O)C[C@]5(C(=O)O)C[C@@H]5/C=C\CCCCC[C@H](Nc5cc(C)cc(F)c5)C(=O)N4C3)cc(-c3nc(C(C)C)cs3)nc2c1C. The van der Waals surface area contributed by atoms with Crippen molar-refractivity contribution in [2.45, 2.75) is 103 Å². The number of amides is 1. The van der Waals surface area contributed by atoms with Crippen LogP contribution in [0.25, 0.3) is 21.6 Å². The van der Waals surface area contributed by atoms with Crippen LogP contribution >= 0.6 is 11.3 Å². The lowest BCUT2D eigenvalue weighted by atomic mass is 9.92. The number of rotatable bonds is 8. The number of hydrogen-bond acceptors (Lipinski definition) is 9. The maximum absolute atomic E-state index is 14.7. The first-order chi connectivity index (χ1) is 26.4. The molecule has 1 saturated carbocycles. The highest BCUT2D eigenvalue weighted by Crippen LogP contribution is 2.57. The molecule has 2 fully saturated rings. The molecule has 0 spiro atoms. The van der Waals surface area contributed by atoms with Crippen LogP contribution in [0.5, 0.6) is 11.5 Å². The predicted octanol–water partition coefficient (Wildman–Crippen LogP) is 8.65. The van der Waals surface area contributed by atoms with Crippen molar-refractivity contribution in [2.75, 3.05) is 19.0 Å². The molecule has 4 aromatic rings. The Labute approximate surface area is 325 Å². The minimum absolute atomic E-state index is 0.113. The lowest BCUT2D eigenvalue weighted by Gasteiger charge is -2.29.